The summed E-state index contributed by atoms with van der Waals surface area (Å²) in [5.74, 6) is -0.248. The molecule has 0 saturated carbocycles. The Morgan fingerprint density at radius 3 is 2.77 bits per heavy atom. The number of likely N-dealkylation sites (tertiary alicyclic amines) is 1. The summed E-state index contributed by atoms with van der Waals surface area (Å²) in [6, 6.07) is 3.22. The van der Waals surface area contributed by atoms with Gasteiger partial charge in [-0.1, -0.05) is 0 Å². The topological polar surface area (TPSA) is 53.7 Å². The molecule has 0 aromatic carbocycles. The van der Waals surface area contributed by atoms with E-state index in [2.05, 4.69) is 4.90 Å². The highest BCUT2D eigenvalue weighted by molar-refractivity contribution is 5.84. The Bertz CT molecular complexity index is 314. The first-order valence-corrected chi connectivity index (χ1v) is 4.30. The van der Waals surface area contributed by atoms with Crippen molar-refractivity contribution in [2.45, 2.75) is 13.0 Å². The number of rotatable bonds is 3. The van der Waals surface area contributed by atoms with E-state index in [1.54, 1.807) is 6.07 Å². The molecule has 1 aromatic heterocycles. The molecular weight excluding hydrogens is 170 g/mol. The molecule has 1 fully saturated rings. The zero-order valence-electron chi connectivity index (χ0n) is 7.19. The molecule has 0 amide bonds. The third-order valence-electron chi connectivity index (χ3n) is 2.20. The highest BCUT2D eigenvalue weighted by Gasteiger charge is 2.16. The number of hydrogen-bond donors (Lipinski definition) is 1. The molecule has 0 spiro atoms. The number of carboxylic acids is 1. The molecule has 70 valence electrons. The third-order valence-corrected chi connectivity index (χ3v) is 2.20. The maximum absolute atomic E-state index is 10.5. The van der Waals surface area contributed by atoms with Gasteiger partial charge in [-0.2, -0.15) is 0 Å². The van der Waals surface area contributed by atoms with Crippen LogP contribution in [0.1, 0.15) is 22.7 Å². The van der Waals surface area contributed by atoms with Gasteiger partial charge in [0.1, 0.15) is 5.76 Å². The van der Waals surface area contributed by atoms with E-state index in [9.17, 15) is 4.79 Å². The Morgan fingerprint density at radius 2 is 2.31 bits per heavy atom. The molecule has 0 aliphatic carbocycles. The highest BCUT2D eigenvalue weighted by Crippen LogP contribution is 2.14. The van der Waals surface area contributed by atoms with E-state index in [1.165, 1.54) is 12.5 Å². The number of aromatic carboxylic acids is 1. The summed E-state index contributed by atoms with van der Waals surface area (Å²) in [6.45, 7) is 2.90. The van der Waals surface area contributed by atoms with Crippen LogP contribution < -0.4 is 0 Å². The van der Waals surface area contributed by atoms with Gasteiger partial charge in [-0.25, -0.2) is 4.79 Å². The van der Waals surface area contributed by atoms with Gasteiger partial charge >= 0.3 is 5.97 Å². The van der Waals surface area contributed by atoms with Crippen LogP contribution in [-0.2, 0) is 6.54 Å². The molecule has 0 radical (unpaired) electrons. The van der Waals surface area contributed by atoms with Gasteiger partial charge < -0.3 is 9.52 Å². The standard InChI is InChI=1S/C9H11NO3/c11-9(12)8-3-2-7(13-8)6-10-4-1-5-10/h2-3H,1,4-6H2,(H,11,12). The molecule has 1 aliphatic heterocycles. The Hall–Kier alpha value is -1.29. The molecule has 4 nitrogen and oxygen atoms in total. The SMILES string of the molecule is O=C(O)c1ccc(CN2CCC2)o1. The fourth-order valence-electron chi connectivity index (χ4n) is 1.34. The van der Waals surface area contributed by atoms with E-state index < -0.39 is 5.97 Å². The molecule has 13 heavy (non-hydrogen) atoms. The second-order valence-corrected chi connectivity index (χ2v) is 3.20. The van der Waals surface area contributed by atoms with E-state index in [0.29, 0.717) is 0 Å². The van der Waals surface area contributed by atoms with Crippen LogP contribution >= 0.6 is 0 Å². The molecule has 1 aliphatic rings. The van der Waals surface area contributed by atoms with Crippen LogP contribution in [0, 0.1) is 0 Å². The summed E-state index contributed by atoms with van der Waals surface area (Å²) in [7, 11) is 0. The molecule has 0 bridgehead atoms. The molecule has 2 rings (SSSR count). The molecule has 2 heterocycles. The van der Waals surface area contributed by atoms with Crippen LogP contribution in [0.3, 0.4) is 0 Å². The second-order valence-electron chi connectivity index (χ2n) is 3.20. The van der Waals surface area contributed by atoms with E-state index in [4.69, 9.17) is 9.52 Å². The number of furan rings is 1. The predicted molar refractivity (Wildman–Crippen MR) is 45.6 cm³/mol. The largest absolute Gasteiger partial charge is 0.475 e. The molecule has 0 unspecified atom stereocenters. The maximum Gasteiger partial charge on any atom is 0.371 e. The Kier molecular flexibility index (Phi) is 2.06. The summed E-state index contributed by atoms with van der Waals surface area (Å²) in [5, 5.41) is 8.60. The van der Waals surface area contributed by atoms with E-state index in [-0.39, 0.29) is 5.76 Å². The van der Waals surface area contributed by atoms with Crippen LogP contribution in [0.5, 0.6) is 0 Å². The van der Waals surface area contributed by atoms with Crippen molar-refractivity contribution in [3.05, 3.63) is 23.7 Å². The van der Waals surface area contributed by atoms with Crippen LogP contribution in [-0.4, -0.2) is 29.1 Å². The lowest BCUT2D eigenvalue weighted by Gasteiger charge is -2.29. The Balaban J connectivity index is 2.00. The van der Waals surface area contributed by atoms with Gasteiger partial charge in [-0.15, -0.1) is 0 Å². The van der Waals surface area contributed by atoms with Crippen molar-refractivity contribution in [2.24, 2.45) is 0 Å². The first kappa shape index (κ1) is 8.31. The summed E-state index contributed by atoms with van der Waals surface area (Å²) in [5.41, 5.74) is 0. The highest BCUT2D eigenvalue weighted by atomic mass is 16.4. The van der Waals surface area contributed by atoms with E-state index in [0.717, 1.165) is 25.4 Å². The average Bonchev–Trinajstić information content (AvgIpc) is 2.44. The zero-order chi connectivity index (χ0) is 9.26. The van der Waals surface area contributed by atoms with E-state index >= 15 is 0 Å². The Morgan fingerprint density at radius 1 is 1.54 bits per heavy atom. The van der Waals surface area contributed by atoms with Gasteiger partial charge in [0.15, 0.2) is 0 Å². The number of carboxylic acid groups (broad SMARTS) is 1. The van der Waals surface area contributed by atoms with Gasteiger partial charge in [-0.3, -0.25) is 4.90 Å². The lowest BCUT2D eigenvalue weighted by Crippen LogP contribution is -2.36. The van der Waals surface area contributed by atoms with Crippen LogP contribution in [0.2, 0.25) is 0 Å². The fourth-order valence-corrected chi connectivity index (χ4v) is 1.34. The summed E-state index contributed by atoms with van der Waals surface area (Å²) in [6.07, 6.45) is 1.23. The normalized spacial score (nSPS) is 16.9. The van der Waals surface area contributed by atoms with Crippen LogP contribution in [0.4, 0.5) is 0 Å². The Labute approximate surface area is 75.8 Å². The summed E-state index contributed by atoms with van der Waals surface area (Å²) < 4.78 is 5.11. The summed E-state index contributed by atoms with van der Waals surface area (Å²) in [4.78, 5) is 12.7. The van der Waals surface area contributed by atoms with Crippen molar-refractivity contribution in [1.82, 2.24) is 4.90 Å². The monoisotopic (exact) mass is 181 g/mol. The lowest BCUT2D eigenvalue weighted by atomic mass is 10.2. The minimum absolute atomic E-state index is 0.0236. The third kappa shape index (κ3) is 1.72. The van der Waals surface area contributed by atoms with Crippen molar-refractivity contribution in [3.63, 3.8) is 0 Å². The van der Waals surface area contributed by atoms with Crippen molar-refractivity contribution in [2.75, 3.05) is 13.1 Å². The minimum atomic E-state index is -1.00. The van der Waals surface area contributed by atoms with Crippen LogP contribution in [0.25, 0.3) is 0 Å². The van der Waals surface area contributed by atoms with Gasteiger partial charge in [-0.05, 0) is 31.6 Å². The minimum Gasteiger partial charge on any atom is -0.475 e. The number of carbonyl (C=O) groups is 1. The van der Waals surface area contributed by atoms with E-state index in [1.807, 2.05) is 0 Å². The number of hydrogen-bond acceptors (Lipinski definition) is 3. The summed E-state index contributed by atoms with van der Waals surface area (Å²) >= 11 is 0. The number of nitrogens with zero attached hydrogens (tertiary/aromatic N) is 1. The van der Waals surface area contributed by atoms with Gasteiger partial charge in [0.25, 0.3) is 0 Å². The van der Waals surface area contributed by atoms with Crippen molar-refractivity contribution < 1.29 is 14.3 Å². The van der Waals surface area contributed by atoms with Crippen molar-refractivity contribution >= 4 is 5.97 Å². The quantitative estimate of drug-likeness (QED) is 0.760. The van der Waals surface area contributed by atoms with Crippen molar-refractivity contribution in [3.8, 4) is 0 Å². The van der Waals surface area contributed by atoms with Gasteiger partial charge in [0.2, 0.25) is 5.76 Å². The molecular formula is C9H11NO3. The predicted octanol–water partition coefficient (Wildman–Crippen LogP) is 1.18. The first-order valence-electron chi connectivity index (χ1n) is 4.30. The first-order chi connectivity index (χ1) is 6.25. The molecule has 1 aromatic rings. The second kappa shape index (κ2) is 3.22. The zero-order valence-corrected chi connectivity index (χ0v) is 7.19. The van der Waals surface area contributed by atoms with Crippen LogP contribution in [0.15, 0.2) is 16.5 Å². The van der Waals surface area contributed by atoms with Gasteiger partial charge in [0, 0.05) is 0 Å². The smallest absolute Gasteiger partial charge is 0.371 e. The molecule has 0 atom stereocenters. The fraction of sp³-hybridized carbons (Fsp3) is 0.444. The molecule has 1 saturated heterocycles. The average molecular weight is 181 g/mol. The van der Waals surface area contributed by atoms with Gasteiger partial charge in [0.05, 0.1) is 6.54 Å². The molecule has 1 N–H and O–H groups in total. The molecule has 4 heteroatoms. The lowest BCUT2D eigenvalue weighted by molar-refractivity contribution is 0.0656. The van der Waals surface area contributed by atoms with Crippen molar-refractivity contribution in [1.29, 1.82) is 0 Å². The maximum atomic E-state index is 10.5.